The Bertz CT molecular complexity index is 329. The molecule has 1 amide bonds. The number of amides is 1. The molecule has 0 spiro atoms. The van der Waals surface area contributed by atoms with Gasteiger partial charge in [0, 0.05) is 12.2 Å². The third kappa shape index (κ3) is 5.75. The van der Waals surface area contributed by atoms with E-state index in [2.05, 4.69) is 5.32 Å². The fourth-order valence-electron chi connectivity index (χ4n) is 1.55. The van der Waals surface area contributed by atoms with Crippen molar-refractivity contribution in [1.82, 2.24) is 5.32 Å². The van der Waals surface area contributed by atoms with E-state index in [4.69, 9.17) is 0 Å². The predicted octanol–water partition coefficient (Wildman–Crippen LogP) is 1.46. The summed E-state index contributed by atoms with van der Waals surface area (Å²) in [6.45, 7) is -0.0279. The summed E-state index contributed by atoms with van der Waals surface area (Å²) in [6.07, 6.45) is 3.15. The van der Waals surface area contributed by atoms with E-state index in [1.54, 1.807) is 11.8 Å². The Morgan fingerprint density at radius 1 is 1.41 bits per heavy atom. The van der Waals surface area contributed by atoms with E-state index in [9.17, 15) is 9.90 Å². The van der Waals surface area contributed by atoms with Crippen LogP contribution in [0.1, 0.15) is 12.0 Å². The smallest absolute Gasteiger partial charge is 0.221 e. The van der Waals surface area contributed by atoms with Crippen LogP contribution in [-0.2, 0) is 11.2 Å². The van der Waals surface area contributed by atoms with Crippen molar-refractivity contribution in [2.45, 2.75) is 18.9 Å². The monoisotopic (exact) mass is 253 g/mol. The van der Waals surface area contributed by atoms with Gasteiger partial charge in [-0.15, -0.1) is 0 Å². The van der Waals surface area contributed by atoms with Gasteiger partial charge in [0.2, 0.25) is 5.91 Å². The fraction of sp³-hybridized carbons (Fsp3) is 0.462. The van der Waals surface area contributed by atoms with Crippen molar-refractivity contribution in [1.29, 1.82) is 0 Å². The van der Waals surface area contributed by atoms with Crippen LogP contribution in [0.3, 0.4) is 0 Å². The molecule has 1 aromatic rings. The van der Waals surface area contributed by atoms with Crippen molar-refractivity contribution in [2.24, 2.45) is 0 Å². The summed E-state index contributed by atoms with van der Waals surface area (Å²) in [5, 5.41) is 12.1. The molecule has 0 fully saturated rings. The van der Waals surface area contributed by atoms with E-state index in [-0.39, 0.29) is 18.6 Å². The molecule has 0 aliphatic heterocycles. The standard InChI is InChI=1S/C13H19NO2S/c1-17-8-7-13(16)14-12(10-15)9-11-5-3-2-4-6-11/h2-6,12,15H,7-10H2,1H3,(H,14,16)/t12-/m0/s1. The van der Waals surface area contributed by atoms with E-state index in [0.29, 0.717) is 12.8 Å². The minimum atomic E-state index is -0.188. The van der Waals surface area contributed by atoms with Gasteiger partial charge < -0.3 is 10.4 Å². The average molecular weight is 253 g/mol. The number of aliphatic hydroxyl groups is 1. The Kier molecular flexibility index (Phi) is 6.74. The molecule has 1 rings (SSSR count). The van der Waals surface area contributed by atoms with Gasteiger partial charge in [0.15, 0.2) is 0 Å². The largest absolute Gasteiger partial charge is 0.394 e. The lowest BCUT2D eigenvalue weighted by atomic mass is 10.1. The van der Waals surface area contributed by atoms with Gasteiger partial charge in [-0.3, -0.25) is 4.79 Å². The second-order valence-electron chi connectivity index (χ2n) is 3.88. The van der Waals surface area contributed by atoms with Crippen molar-refractivity contribution in [2.75, 3.05) is 18.6 Å². The Morgan fingerprint density at radius 2 is 2.12 bits per heavy atom. The zero-order valence-electron chi connectivity index (χ0n) is 10.1. The highest BCUT2D eigenvalue weighted by molar-refractivity contribution is 7.98. The first-order valence-corrected chi connectivity index (χ1v) is 7.08. The highest BCUT2D eigenvalue weighted by Crippen LogP contribution is 2.03. The summed E-state index contributed by atoms with van der Waals surface area (Å²) >= 11 is 1.65. The van der Waals surface area contributed by atoms with E-state index in [1.807, 2.05) is 36.6 Å². The number of benzene rings is 1. The quantitative estimate of drug-likeness (QED) is 0.773. The van der Waals surface area contributed by atoms with Gasteiger partial charge in [0.1, 0.15) is 0 Å². The van der Waals surface area contributed by atoms with Gasteiger partial charge in [0.05, 0.1) is 12.6 Å². The normalized spacial score (nSPS) is 12.1. The minimum absolute atomic E-state index is 0.00864. The molecule has 0 heterocycles. The van der Waals surface area contributed by atoms with E-state index in [1.165, 1.54) is 0 Å². The zero-order chi connectivity index (χ0) is 12.5. The maximum atomic E-state index is 11.5. The van der Waals surface area contributed by atoms with Crippen LogP contribution in [-0.4, -0.2) is 35.7 Å². The van der Waals surface area contributed by atoms with Gasteiger partial charge in [-0.1, -0.05) is 30.3 Å². The molecule has 3 nitrogen and oxygen atoms in total. The minimum Gasteiger partial charge on any atom is -0.394 e. The second-order valence-corrected chi connectivity index (χ2v) is 4.87. The molecule has 0 unspecified atom stereocenters. The lowest BCUT2D eigenvalue weighted by molar-refractivity contribution is -0.121. The molecule has 1 atom stereocenters. The van der Waals surface area contributed by atoms with E-state index in [0.717, 1.165) is 11.3 Å². The Labute approximate surface area is 107 Å². The zero-order valence-corrected chi connectivity index (χ0v) is 10.9. The molecule has 1 aromatic carbocycles. The average Bonchev–Trinajstić information content (AvgIpc) is 2.36. The molecular weight excluding hydrogens is 234 g/mol. The summed E-state index contributed by atoms with van der Waals surface area (Å²) in [7, 11) is 0. The number of thioether (sulfide) groups is 1. The summed E-state index contributed by atoms with van der Waals surface area (Å²) in [5.41, 5.74) is 1.12. The van der Waals surface area contributed by atoms with Crippen molar-refractivity contribution >= 4 is 17.7 Å². The topological polar surface area (TPSA) is 49.3 Å². The SMILES string of the molecule is CSCCC(=O)N[C@H](CO)Cc1ccccc1. The van der Waals surface area contributed by atoms with Gasteiger partial charge in [-0.05, 0) is 18.2 Å². The number of nitrogens with one attached hydrogen (secondary N) is 1. The lowest BCUT2D eigenvalue weighted by Crippen LogP contribution is -2.39. The Hall–Kier alpha value is -1.00. The molecule has 17 heavy (non-hydrogen) atoms. The van der Waals surface area contributed by atoms with Gasteiger partial charge in [0.25, 0.3) is 0 Å². The molecule has 0 saturated heterocycles. The summed E-state index contributed by atoms with van der Waals surface area (Å²) in [4.78, 5) is 11.5. The molecule has 0 saturated carbocycles. The van der Waals surface area contributed by atoms with Crippen LogP contribution < -0.4 is 5.32 Å². The first kappa shape index (κ1) is 14.1. The van der Waals surface area contributed by atoms with Crippen molar-refractivity contribution in [3.05, 3.63) is 35.9 Å². The molecule has 0 aliphatic rings. The molecular formula is C13H19NO2S. The Morgan fingerprint density at radius 3 is 2.71 bits per heavy atom. The Balaban J connectivity index is 2.41. The van der Waals surface area contributed by atoms with Crippen LogP contribution in [0.2, 0.25) is 0 Å². The van der Waals surface area contributed by atoms with Crippen LogP contribution >= 0.6 is 11.8 Å². The first-order chi connectivity index (χ1) is 8.26. The third-order valence-corrected chi connectivity index (χ3v) is 3.06. The van der Waals surface area contributed by atoms with Crippen molar-refractivity contribution < 1.29 is 9.90 Å². The number of hydrogen-bond acceptors (Lipinski definition) is 3. The summed E-state index contributed by atoms with van der Waals surface area (Å²) in [6, 6.07) is 9.67. The van der Waals surface area contributed by atoms with Crippen LogP contribution in [0.5, 0.6) is 0 Å². The maximum Gasteiger partial charge on any atom is 0.221 e. The van der Waals surface area contributed by atoms with Crippen LogP contribution in [0, 0.1) is 0 Å². The van der Waals surface area contributed by atoms with Crippen LogP contribution in [0.15, 0.2) is 30.3 Å². The molecule has 0 bridgehead atoms. The lowest BCUT2D eigenvalue weighted by Gasteiger charge is -2.16. The van der Waals surface area contributed by atoms with Crippen LogP contribution in [0.4, 0.5) is 0 Å². The highest BCUT2D eigenvalue weighted by atomic mass is 32.2. The molecule has 2 N–H and O–H groups in total. The number of hydrogen-bond donors (Lipinski definition) is 2. The first-order valence-electron chi connectivity index (χ1n) is 5.69. The second kappa shape index (κ2) is 8.14. The van der Waals surface area contributed by atoms with Gasteiger partial charge in [-0.2, -0.15) is 11.8 Å². The third-order valence-electron chi connectivity index (χ3n) is 2.44. The van der Waals surface area contributed by atoms with Crippen molar-refractivity contribution in [3.63, 3.8) is 0 Å². The number of carbonyl (C=O) groups is 1. The molecule has 0 aliphatic carbocycles. The van der Waals surface area contributed by atoms with Crippen LogP contribution in [0.25, 0.3) is 0 Å². The summed E-state index contributed by atoms with van der Waals surface area (Å²) in [5.74, 6) is 0.823. The van der Waals surface area contributed by atoms with Gasteiger partial charge >= 0.3 is 0 Å². The summed E-state index contributed by atoms with van der Waals surface area (Å²) < 4.78 is 0. The predicted molar refractivity (Wildman–Crippen MR) is 72.2 cm³/mol. The van der Waals surface area contributed by atoms with E-state index < -0.39 is 0 Å². The number of carbonyl (C=O) groups excluding carboxylic acids is 1. The number of aliphatic hydroxyl groups excluding tert-OH is 1. The maximum absolute atomic E-state index is 11.5. The fourth-order valence-corrected chi connectivity index (χ4v) is 1.94. The van der Waals surface area contributed by atoms with Crippen molar-refractivity contribution in [3.8, 4) is 0 Å². The van der Waals surface area contributed by atoms with Gasteiger partial charge in [-0.25, -0.2) is 0 Å². The highest BCUT2D eigenvalue weighted by Gasteiger charge is 2.11. The molecule has 0 aromatic heterocycles. The molecule has 4 heteroatoms. The molecule has 94 valence electrons. The molecule has 0 radical (unpaired) electrons. The van der Waals surface area contributed by atoms with E-state index >= 15 is 0 Å². The number of rotatable bonds is 7.